The third kappa shape index (κ3) is 6.10. The minimum Gasteiger partial charge on any atom is -0.383 e. The minimum atomic E-state index is -5.23. The van der Waals surface area contributed by atoms with Crippen LogP contribution in [-0.4, -0.2) is 70.6 Å². The highest BCUT2D eigenvalue weighted by atomic mass is 32.2. The number of methoxy groups -OCH3 is 1. The average Bonchev–Trinajstić information content (AvgIpc) is 2.52. The molecule has 1 saturated heterocycles. The zero-order valence-corrected chi connectivity index (χ0v) is 14.7. The molecule has 7 nitrogen and oxygen atoms in total. The number of nitrogens with zero attached hydrogens (tertiary/aromatic N) is 2. The van der Waals surface area contributed by atoms with Crippen molar-refractivity contribution in [2.24, 2.45) is 10.9 Å². The standard InChI is InChI=1S/C13H25F3N4O3S/c1-3-17-12(18-6-9-23-2)19-10-11-4-7-20(8-5-11)24(21,22)13(14,15)16/h11H,3-10H2,1-2H3,(H2,17,18,19). The van der Waals surface area contributed by atoms with E-state index in [4.69, 9.17) is 4.74 Å². The number of hydrogen-bond donors (Lipinski definition) is 2. The van der Waals surface area contributed by atoms with Gasteiger partial charge in [-0.05, 0) is 25.7 Å². The fourth-order valence-electron chi connectivity index (χ4n) is 2.31. The summed E-state index contributed by atoms with van der Waals surface area (Å²) in [5.41, 5.74) is -5.23. The zero-order valence-electron chi connectivity index (χ0n) is 13.9. The summed E-state index contributed by atoms with van der Waals surface area (Å²) >= 11 is 0. The molecule has 142 valence electrons. The van der Waals surface area contributed by atoms with Gasteiger partial charge in [0, 0.05) is 39.8 Å². The molecule has 11 heteroatoms. The van der Waals surface area contributed by atoms with E-state index in [0.717, 1.165) is 0 Å². The topological polar surface area (TPSA) is 83.0 Å². The number of sulfonamides is 1. The van der Waals surface area contributed by atoms with Crippen LogP contribution in [0.1, 0.15) is 19.8 Å². The van der Waals surface area contributed by atoms with Gasteiger partial charge in [0.25, 0.3) is 0 Å². The Hall–Kier alpha value is -1.07. The van der Waals surface area contributed by atoms with Crippen molar-refractivity contribution in [3.05, 3.63) is 0 Å². The van der Waals surface area contributed by atoms with Crippen molar-refractivity contribution in [1.29, 1.82) is 0 Å². The summed E-state index contributed by atoms with van der Waals surface area (Å²) in [4.78, 5) is 4.39. The number of piperidine rings is 1. The summed E-state index contributed by atoms with van der Waals surface area (Å²) in [5.74, 6) is 0.669. The summed E-state index contributed by atoms with van der Waals surface area (Å²) in [7, 11) is -3.63. The first-order chi connectivity index (χ1) is 11.2. The second kappa shape index (κ2) is 9.42. The number of aliphatic imine (C=N–C) groups is 1. The van der Waals surface area contributed by atoms with Crippen LogP contribution in [0.2, 0.25) is 0 Å². The van der Waals surface area contributed by atoms with Gasteiger partial charge < -0.3 is 15.4 Å². The SMILES string of the molecule is CCNC(=NCC1CCN(S(=O)(=O)C(F)(F)F)CC1)NCCOC. The van der Waals surface area contributed by atoms with Crippen molar-refractivity contribution in [2.45, 2.75) is 25.3 Å². The van der Waals surface area contributed by atoms with Crippen molar-refractivity contribution in [3.8, 4) is 0 Å². The Morgan fingerprint density at radius 1 is 1.29 bits per heavy atom. The Morgan fingerprint density at radius 2 is 1.92 bits per heavy atom. The summed E-state index contributed by atoms with van der Waals surface area (Å²) in [6.07, 6.45) is 0.715. The molecule has 1 fully saturated rings. The molecule has 0 aliphatic carbocycles. The summed E-state index contributed by atoms with van der Waals surface area (Å²) < 4.78 is 65.7. The van der Waals surface area contributed by atoms with Crippen molar-refractivity contribution in [2.75, 3.05) is 46.4 Å². The van der Waals surface area contributed by atoms with Gasteiger partial charge in [-0.15, -0.1) is 0 Å². The molecule has 0 radical (unpaired) electrons. The van der Waals surface area contributed by atoms with Crippen LogP contribution >= 0.6 is 0 Å². The van der Waals surface area contributed by atoms with Gasteiger partial charge in [0.1, 0.15) is 0 Å². The van der Waals surface area contributed by atoms with Crippen molar-refractivity contribution < 1.29 is 26.3 Å². The van der Waals surface area contributed by atoms with Crippen LogP contribution < -0.4 is 10.6 Å². The highest BCUT2D eigenvalue weighted by Crippen LogP contribution is 2.30. The van der Waals surface area contributed by atoms with E-state index in [1.54, 1.807) is 7.11 Å². The maximum atomic E-state index is 12.5. The summed E-state index contributed by atoms with van der Waals surface area (Å²) in [5, 5.41) is 6.14. The predicted molar refractivity (Wildman–Crippen MR) is 85.1 cm³/mol. The van der Waals surface area contributed by atoms with Crippen LogP contribution in [0.3, 0.4) is 0 Å². The highest BCUT2D eigenvalue weighted by molar-refractivity contribution is 7.90. The zero-order chi connectivity index (χ0) is 18.2. The Kier molecular flexibility index (Phi) is 8.23. The first-order valence-electron chi connectivity index (χ1n) is 7.80. The van der Waals surface area contributed by atoms with Gasteiger partial charge >= 0.3 is 15.5 Å². The molecule has 1 aliphatic rings. The molecule has 24 heavy (non-hydrogen) atoms. The maximum absolute atomic E-state index is 12.5. The van der Waals surface area contributed by atoms with Gasteiger partial charge in [-0.3, -0.25) is 4.99 Å². The van der Waals surface area contributed by atoms with Crippen molar-refractivity contribution in [3.63, 3.8) is 0 Å². The van der Waals surface area contributed by atoms with Crippen LogP contribution in [-0.2, 0) is 14.8 Å². The van der Waals surface area contributed by atoms with Gasteiger partial charge in [-0.1, -0.05) is 0 Å². The Balaban J connectivity index is 2.51. The molecule has 1 heterocycles. The van der Waals surface area contributed by atoms with Crippen LogP contribution in [0.4, 0.5) is 13.2 Å². The number of rotatable bonds is 7. The van der Waals surface area contributed by atoms with E-state index in [1.807, 2.05) is 6.92 Å². The van der Waals surface area contributed by atoms with E-state index in [2.05, 4.69) is 15.6 Å². The van der Waals surface area contributed by atoms with E-state index in [9.17, 15) is 21.6 Å². The van der Waals surface area contributed by atoms with E-state index < -0.39 is 15.5 Å². The van der Waals surface area contributed by atoms with E-state index in [0.29, 0.717) is 49.3 Å². The first kappa shape index (κ1) is 21.0. The van der Waals surface area contributed by atoms with Gasteiger partial charge in [-0.25, -0.2) is 8.42 Å². The van der Waals surface area contributed by atoms with Crippen molar-refractivity contribution in [1.82, 2.24) is 14.9 Å². The molecule has 0 bridgehead atoms. The van der Waals surface area contributed by atoms with Crippen LogP contribution in [0.5, 0.6) is 0 Å². The summed E-state index contributed by atoms with van der Waals surface area (Å²) in [6.45, 7) is 3.89. The van der Waals surface area contributed by atoms with E-state index >= 15 is 0 Å². The first-order valence-corrected chi connectivity index (χ1v) is 9.24. The highest BCUT2D eigenvalue weighted by Gasteiger charge is 2.50. The van der Waals surface area contributed by atoms with Gasteiger partial charge in [0.05, 0.1) is 6.61 Å². The molecule has 2 N–H and O–H groups in total. The molecule has 0 aromatic rings. The number of nitrogens with one attached hydrogen (secondary N) is 2. The monoisotopic (exact) mass is 374 g/mol. The molecule has 0 amide bonds. The lowest BCUT2D eigenvalue weighted by Crippen LogP contribution is -2.45. The minimum absolute atomic E-state index is 0.0579. The Morgan fingerprint density at radius 3 is 2.42 bits per heavy atom. The van der Waals surface area contributed by atoms with Crippen LogP contribution in [0, 0.1) is 5.92 Å². The molecule has 0 aromatic heterocycles. The van der Waals surface area contributed by atoms with Crippen LogP contribution in [0.25, 0.3) is 0 Å². The molecule has 0 unspecified atom stereocenters. The third-order valence-corrected chi connectivity index (χ3v) is 5.29. The smallest absolute Gasteiger partial charge is 0.383 e. The van der Waals surface area contributed by atoms with E-state index in [1.165, 1.54) is 0 Å². The lowest BCUT2D eigenvalue weighted by molar-refractivity contribution is -0.0496. The average molecular weight is 374 g/mol. The number of hydrogen-bond acceptors (Lipinski definition) is 4. The normalized spacial score (nSPS) is 18.6. The number of ether oxygens (including phenoxy) is 1. The van der Waals surface area contributed by atoms with Crippen LogP contribution in [0.15, 0.2) is 4.99 Å². The number of alkyl halides is 3. The number of guanidine groups is 1. The lowest BCUT2D eigenvalue weighted by Gasteiger charge is -2.30. The van der Waals surface area contributed by atoms with Gasteiger partial charge in [0.2, 0.25) is 0 Å². The molecular weight excluding hydrogens is 349 g/mol. The van der Waals surface area contributed by atoms with E-state index in [-0.39, 0.29) is 19.0 Å². The lowest BCUT2D eigenvalue weighted by atomic mass is 9.98. The second-order valence-corrected chi connectivity index (χ2v) is 7.36. The second-order valence-electron chi connectivity index (χ2n) is 5.43. The fraction of sp³-hybridized carbons (Fsp3) is 0.923. The fourth-order valence-corrected chi connectivity index (χ4v) is 3.30. The molecule has 0 spiro atoms. The Labute approximate surface area is 140 Å². The molecule has 1 rings (SSSR count). The van der Waals surface area contributed by atoms with Gasteiger partial charge in [-0.2, -0.15) is 17.5 Å². The quantitative estimate of drug-likeness (QED) is 0.390. The molecule has 0 atom stereocenters. The van der Waals surface area contributed by atoms with Gasteiger partial charge in [0.15, 0.2) is 5.96 Å². The van der Waals surface area contributed by atoms with Crippen molar-refractivity contribution >= 4 is 16.0 Å². The summed E-state index contributed by atoms with van der Waals surface area (Å²) in [6, 6.07) is 0. The molecule has 0 saturated carbocycles. The molecule has 0 aromatic carbocycles. The molecule has 1 aliphatic heterocycles. The maximum Gasteiger partial charge on any atom is 0.511 e. The third-order valence-electron chi connectivity index (χ3n) is 3.66. The largest absolute Gasteiger partial charge is 0.511 e. The number of halogens is 3. The Bertz CT molecular complexity index is 503. The molecular formula is C13H25F3N4O3S. The predicted octanol–water partition coefficient (Wildman–Crippen LogP) is 0.750.